The Morgan fingerprint density at radius 1 is 1.00 bits per heavy atom. The zero-order chi connectivity index (χ0) is 17.5. The predicted molar refractivity (Wildman–Crippen MR) is 97.7 cm³/mol. The van der Waals surface area contributed by atoms with Gasteiger partial charge < -0.3 is 8.98 Å². The molecule has 0 fully saturated rings. The minimum Gasteiger partial charge on any atom is -0.451 e. The predicted octanol–water partition coefficient (Wildman–Crippen LogP) is 3.72. The van der Waals surface area contributed by atoms with E-state index in [4.69, 9.17) is 4.42 Å². The molecule has 5 rings (SSSR count). The first-order chi connectivity index (χ1) is 12.8. The van der Waals surface area contributed by atoms with Gasteiger partial charge in [-0.3, -0.25) is 4.98 Å². The monoisotopic (exact) mass is 360 g/mol. The second-order valence-corrected chi connectivity index (χ2v) is 6.61. The molecule has 0 aliphatic heterocycles. The second-order valence-electron chi connectivity index (χ2n) is 5.66. The van der Waals surface area contributed by atoms with Gasteiger partial charge in [0.15, 0.2) is 21.6 Å². The van der Waals surface area contributed by atoms with Crippen molar-refractivity contribution in [1.82, 2.24) is 29.7 Å². The molecule has 1 aromatic carbocycles. The fourth-order valence-corrected chi connectivity index (χ4v) is 3.63. The molecule has 4 aromatic heterocycles. The Bertz CT molecular complexity index is 1230. The summed E-state index contributed by atoms with van der Waals surface area (Å²) >= 11 is 1.40. The van der Waals surface area contributed by atoms with Gasteiger partial charge in [0.1, 0.15) is 17.4 Å². The van der Waals surface area contributed by atoms with E-state index in [-0.39, 0.29) is 0 Å². The molecule has 0 atom stereocenters. The maximum absolute atomic E-state index is 5.98. The van der Waals surface area contributed by atoms with Crippen LogP contribution in [0.5, 0.6) is 0 Å². The lowest BCUT2D eigenvalue weighted by molar-refractivity contribution is 0.653. The van der Waals surface area contributed by atoms with Crippen LogP contribution in [0.4, 0.5) is 0 Å². The van der Waals surface area contributed by atoms with Gasteiger partial charge in [-0.25, -0.2) is 9.97 Å². The number of para-hydroxylation sites is 1. The summed E-state index contributed by atoms with van der Waals surface area (Å²) in [6.45, 7) is 0. The molecule has 0 radical (unpaired) electrons. The van der Waals surface area contributed by atoms with Crippen LogP contribution in [0.15, 0.2) is 69.7 Å². The van der Waals surface area contributed by atoms with Crippen LogP contribution in [0.2, 0.25) is 0 Å². The largest absolute Gasteiger partial charge is 0.451 e. The molecule has 0 aliphatic rings. The highest BCUT2D eigenvalue weighted by molar-refractivity contribution is 7.99. The van der Waals surface area contributed by atoms with Crippen molar-refractivity contribution in [3.05, 3.63) is 55.1 Å². The molecule has 0 saturated heterocycles. The van der Waals surface area contributed by atoms with E-state index in [2.05, 4.69) is 25.1 Å². The summed E-state index contributed by atoms with van der Waals surface area (Å²) in [5, 5.41) is 11.0. The van der Waals surface area contributed by atoms with E-state index >= 15 is 0 Å². The highest BCUT2D eigenvalue weighted by Gasteiger charge is 2.17. The van der Waals surface area contributed by atoms with E-state index in [1.165, 1.54) is 11.8 Å². The van der Waals surface area contributed by atoms with Gasteiger partial charge in [-0.15, -0.1) is 10.2 Å². The molecule has 4 heterocycles. The number of nitrogens with zero attached hydrogens (tertiary/aromatic N) is 6. The molecule has 5 aromatic rings. The first kappa shape index (κ1) is 15.0. The number of aromatic nitrogens is 6. The van der Waals surface area contributed by atoms with Gasteiger partial charge in [0.05, 0.1) is 0 Å². The van der Waals surface area contributed by atoms with Crippen LogP contribution in [0.3, 0.4) is 0 Å². The Balaban J connectivity index is 1.59. The zero-order valence-electron chi connectivity index (χ0n) is 13.7. The van der Waals surface area contributed by atoms with Crippen molar-refractivity contribution < 1.29 is 4.42 Å². The number of rotatable bonds is 3. The summed E-state index contributed by atoms with van der Waals surface area (Å²) in [6, 6.07) is 11.6. The molecule has 0 unspecified atom stereocenters. The lowest BCUT2D eigenvalue weighted by Gasteiger charge is -2.03. The third-order valence-electron chi connectivity index (χ3n) is 4.09. The Morgan fingerprint density at radius 2 is 1.85 bits per heavy atom. The van der Waals surface area contributed by atoms with Crippen LogP contribution in [-0.4, -0.2) is 29.7 Å². The number of pyridine rings is 1. The summed E-state index contributed by atoms with van der Waals surface area (Å²) in [7, 11) is 1.93. The lowest BCUT2D eigenvalue weighted by Crippen LogP contribution is -1.95. The van der Waals surface area contributed by atoms with Crippen LogP contribution in [0.25, 0.3) is 33.5 Å². The molecule has 0 aliphatic carbocycles. The summed E-state index contributed by atoms with van der Waals surface area (Å²) < 4.78 is 7.90. The topological polar surface area (TPSA) is 82.5 Å². The van der Waals surface area contributed by atoms with Crippen molar-refractivity contribution in [3.63, 3.8) is 0 Å². The number of hydrogen-bond donors (Lipinski definition) is 0. The van der Waals surface area contributed by atoms with Crippen molar-refractivity contribution in [2.75, 3.05) is 0 Å². The average Bonchev–Trinajstić information content (AvgIpc) is 3.24. The van der Waals surface area contributed by atoms with Gasteiger partial charge in [-0.2, -0.15) is 0 Å². The van der Waals surface area contributed by atoms with E-state index in [1.807, 2.05) is 48.0 Å². The highest BCUT2D eigenvalue weighted by atomic mass is 32.2. The van der Waals surface area contributed by atoms with Crippen molar-refractivity contribution >= 4 is 33.8 Å². The Labute approximate surface area is 152 Å². The van der Waals surface area contributed by atoms with Gasteiger partial charge >= 0.3 is 0 Å². The smallest absolute Gasteiger partial charge is 0.197 e. The molecule has 7 nitrogen and oxygen atoms in total. The van der Waals surface area contributed by atoms with Crippen LogP contribution >= 0.6 is 11.8 Å². The highest BCUT2D eigenvalue weighted by Crippen LogP contribution is 2.35. The SMILES string of the molecule is Cn1c(Sc2ncnc3c2oc2ccccc23)nnc1-c1ccncc1. The van der Waals surface area contributed by atoms with Crippen LogP contribution in [-0.2, 0) is 7.05 Å². The second kappa shape index (κ2) is 5.92. The average molecular weight is 360 g/mol. The molecule has 0 spiro atoms. The minimum absolute atomic E-state index is 0.659. The Morgan fingerprint density at radius 3 is 2.73 bits per heavy atom. The fourth-order valence-electron chi connectivity index (χ4n) is 2.82. The standard InChI is InChI=1S/C18H12N6OS/c1-24-16(11-6-8-19-9-7-11)22-23-18(24)26-17-15-14(20-10-21-17)12-4-2-3-5-13(12)25-15/h2-10H,1H3. The third kappa shape index (κ3) is 2.34. The van der Waals surface area contributed by atoms with Crippen molar-refractivity contribution in [2.45, 2.75) is 10.2 Å². The number of benzene rings is 1. The normalized spacial score (nSPS) is 11.4. The van der Waals surface area contributed by atoms with E-state index in [1.54, 1.807) is 18.7 Å². The number of fused-ring (bicyclic) bond motifs is 3. The van der Waals surface area contributed by atoms with Crippen LogP contribution in [0.1, 0.15) is 0 Å². The number of furan rings is 1. The minimum atomic E-state index is 0.659. The molecular formula is C18H12N6OS. The van der Waals surface area contributed by atoms with Gasteiger partial charge in [-0.05, 0) is 36.0 Å². The molecule has 0 saturated carbocycles. The van der Waals surface area contributed by atoms with Crippen LogP contribution in [0, 0.1) is 0 Å². The van der Waals surface area contributed by atoms with Crippen molar-refractivity contribution in [1.29, 1.82) is 0 Å². The van der Waals surface area contributed by atoms with E-state index in [0.717, 1.165) is 33.0 Å². The van der Waals surface area contributed by atoms with Gasteiger partial charge in [-0.1, -0.05) is 12.1 Å². The van der Waals surface area contributed by atoms with E-state index in [0.29, 0.717) is 10.6 Å². The first-order valence-corrected chi connectivity index (χ1v) is 8.73. The van der Waals surface area contributed by atoms with Crippen molar-refractivity contribution in [3.8, 4) is 11.4 Å². The first-order valence-electron chi connectivity index (χ1n) is 7.91. The third-order valence-corrected chi connectivity index (χ3v) is 5.11. The van der Waals surface area contributed by atoms with Crippen molar-refractivity contribution in [2.24, 2.45) is 7.05 Å². The van der Waals surface area contributed by atoms with Gasteiger partial charge in [0, 0.05) is 30.4 Å². The lowest BCUT2D eigenvalue weighted by atomic mass is 10.2. The maximum atomic E-state index is 5.98. The maximum Gasteiger partial charge on any atom is 0.197 e. The molecule has 0 amide bonds. The molecule has 8 heteroatoms. The summed E-state index contributed by atoms with van der Waals surface area (Å²) in [6.07, 6.45) is 5.02. The Hall–Kier alpha value is -3.26. The fraction of sp³-hybridized carbons (Fsp3) is 0.0556. The molecule has 0 N–H and O–H groups in total. The van der Waals surface area contributed by atoms with E-state index < -0.39 is 0 Å². The van der Waals surface area contributed by atoms with E-state index in [9.17, 15) is 0 Å². The molecular weight excluding hydrogens is 348 g/mol. The van der Waals surface area contributed by atoms with Crippen LogP contribution < -0.4 is 0 Å². The summed E-state index contributed by atoms with van der Waals surface area (Å²) in [5.41, 5.74) is 3.21. The van der Waals surface area contributed by atoms with Gasteiger partial charge in [0.25, 0.3) is 0 Å². The Kier molecular flexibility index (Phi) is 3.42. The number of hydrogen-bond acceptors (Lipinski definition) is 7. The summed E-state index contributed by atoms with van der Waals surface area (Å²) in [4.78, 5) is 12.8. The quantitative estimate of drug-likeness (QED) is 0.453. The molecule has 126 valence electrons. The zero-order valence-corrected chi connectivity index (χ0v) is 14.5. The molecule has 26 heavy (non-hydrogen) atoms. The molecule has 0 bridgehead atoms. The van der Waals surface area contributed by atoms with Gasteiger partial charge in [0.2, 0.25) is 0 Å². The summed E-state index contributed by atoms with van der Waals surface area (Å²) in [5.74, 6) is 0.768.